The number of rotatable bonds is 4. The van der Waals surface area contributed by atoms with E-state index in [4.69, 9.17) is 4.74 Å². The van der Waals surface area contributed by atoms with E-state index in [1.54, 1.807) is 23.2 Å². The summed E-state index contributed by atoms with van der Waals surface area (Å²) in [6.07, 6.45) is 2.87. The first-order valence-electron chi connectivity index (χ1n) is 7.81. The largest absolute Gasteiger partial charge is 0.478 e. The van der Waals surface area contributed by atoms with Gasteiger partial charge in [0.25, 0.3) is 5.91 Å². The number of hydrogen-bond donors (Lipinski definition) is 0. The van der Waals surface area contributed by atoms with E-state index >= 15 is 0 Å². The van der Waals surface area contributed by atoms with Crippen molar-refractivity contribution in [1.82, 2.24) is 14.8 Å². The number of ether oxygens (including phenoxy) is 1. The third-order valence-electron chi connectivity index (χ3n) is 3.71. The topological polar surface area (TPSA) is 62.7 Å². The Morgan fingerprint density at radius 2 is 1.86 bits per heavy atom. The Kier molecular flexibility index (Phi) is 5.75. The van der Waals surface area contributed by atoms with Crippen LogP contribution in [0.25, 0.3) is 0 Å². The van der Waals surface area contributed by atoms with Gasteiger partial charge in [-0.2, -0.15) is 0 Å². The summed E-state index contributed by atoms with van der Waals surface area (Å²) in [6.45, 7) is 6.86. The van der Waals surface area contributed by atoms with Crippen molar-refractivity contribution in [3.05, 3.63) is 23.9 Å². The summed E-state index contributed by atoms with van der Waals surface area (Å²) in [5.41, 5.74) is 0.554. The summed E-state index contributed by atoms with van der Waals surface area (Å²) >= 11 is 0. The fourth-order valence-electron chi connectivity index (χ4n) is 2.52. The van der Waals surface area contributed by atoms with Gasteiger partial charge in [0.1, 0.15) is 0 Å². The highest BCUT2D eigenvalue weighted by atomic mass is 16.5. The zero-order chi connectivity index (χ0) is 15.9. The second-order valence-corrected chi connectivity index (χ2v) is 5.20. The highest BCUT2D eigenvalue weighted by Gasteiger charge is 2.22. The van der Waals surface area contributed by atoms with Crippen molar-refractivity contribution >= 4 is 11.8 Å². The molecule has 0 saturated carbocycles. The van der Waals surface area contributed by atoms with Crippen molar-refractivity contribution in [2.75, 3.05) is 32.8 Å². The molecule has 2 heterocycles. The van der Waals surface area contributed by atoms with Gasteiger partial charge in [-0.3, -0.25) is 9.59 Å². The molecule has 1 fully saturated rings. The van der Waals surface area contributed by atoms with Crippen LogP contribution in [0.15, 0.2) is 18.3 Å². The average molecular weight is 305 g/mol. The molecule has 0 spiro atoms. The lowest BCUT2D eigenvalue weighted by Gasteiger charge is -2.22. The van der Waals surface area contributed by atoms with Crippen LogP contribution >= 0.6 is 0 Å². The fraction of sp³-hybridized carbons (Fsp3) is 0.562. The summed E-state index contributed by atoms with van der Waals surface area (Å²) in [5, 5.41) is 0. The Hall–Kier alpha value is -2.11. The molecule has 2 amide bonds. The third kappa shape index (κ3) is 3.96. The van der Waals surface area contributed by atoms with E-state index in [0.29, 0.717) is 44.1 Å². The zero-order valence-electron chi connectivity index (χ0n) is 13.2. The van der Waals surface area contributed by atoms with Crippen molar-refractivity contribution in [3.63, 3.8) is 0 Å². The van der Waals surface area contributed by atoms with Gasteiger partial charge in [-0.05, 0) is 19.4 Å². The molecule has 2 rings (SSSR count). The number of carbonyl (C=O) groups is 2. The van der Waals surface area contributed by atoms with E-state index in [1.165, 1.54) is 0 Å². The van der Waals surface area contributed by atoms with Gasteiger partial charge in [0.2, 0.25) is 11.8 Å². The van der Waals surface area contributed by atoms with Crippen molar-refractivity contribution < 1.29 is 14.3 Å². The number of pyridine rings is 1. The molecule has 0 N–H and O–H groups in total. The van der Waals surface area contributed by atoms with Crippen molar-refractivity contribution in [2.45, 2.75) is 26.7 Å². The summed E-state index contributed by atoms with van der Waals surface area (Å²) in [4.78, 5) is 32.0. The van der Waals surface area contributed by atoms with Gasteiger partial charge < -0.3 is 14.5 Å². The van der Waals surface area contributed by atoms with Crippen LogP contribution < -0.4 is 4.74 Å². The molecule has 6 heteroatoms. The first-order chi connectivity index (χ1) is 10.7. The molecule has 6 nitrogen and oxygen atoms in total. The summed E-state index contributed by atoms with van der Waals surface area (Å²) in [7, 11) is 0. The van der Waals surface area contributed by atoms with Gasteiger partial charge in [0, 0.05) is 44.9 Å². The van der Waals surface area contributed by atoms with Gasteiger partial charge >= 0.3 is 0 Å². The third-order valence-corrected chi connectivity index (χ3v) is 3.71. The minimum atomic E-state index is -0.0404. The Morgan fingerprint density at radius 3 is 2.50 bits per heavy atom. The molecule has 1 aliphatic rings. The molecule has 0 radical (unpaired) electrons. The molecule has 0 bridgehead atoms. The second kappa shape index (κ2) is 7.77. The van der Waals surface area contributed by atoms with Crippen LogP contribution in [0.2, 0.25) is 0 Å². The fourth-order valence-corrected chi connectivity index (χ4v) is 2.52. The van der Waals surface area contributed by atoms with E-state index in [2.05, 4.69) is 4.98 Å². The SMILES string of the molecule is CCOc1ccc(C(=O)N2CCCN(C(=O)CC)CC2)cn1. The number of carbonyl (C=O) groups excluding carboxylic acids is 2. The Morgan fingerprint density at radius 1 is 1.14 bits per heavy atom. The van der Waals surface area contributed by atoms with E-state index < -0.39 is 0 Å². The Bertz CT molecular complexity index is 516. The van der Waals surface area contributed by atoms with Crippen LogP contribution in [0.3, 0.4) is 0 Å². The quantitative estimate of drug-likeness (QED) is 0.847. The molecule has 1 aromatic rings. The molecule has 0 atom stereocenters. The monoisotopic (exact) mass is 305 g/mol. The summed E-state index contributed by atoms with van der Waals surface area (Å²) in [5.74, 6) is 0.632. The van der Waals surface area contributed by atoms with Crippen LogP contribution in [0, 0.1) is 0 Å². The molecule has 0 aromatic carbocycles. The molecular weight excluding hydrogens is 282 g/mol. The maximum atomic E-state index is 12.5. The molecule has 120 valence electrons. The molecule has 1 saturated heterocycles. The number of hydrogen-bond acceptors (Lipinski definition) is 4. The van der Waals surface area contributed by atoms with Crippen molar-refractivity contribution in [3.8, 4) is 5.88 Å². The molecule has 1 aromatic heterocycles. The average Bonchev–Trinajstić information content (AvgIpc) is 2.80. The normalized spacial score (nSPS) is 15.4. The predicted molar refractivity (Wildman–Crippen MR) is 82.8 cm³/mol. The Balaban J connectivity index is 1.98. The molecule has 1 aliphatic heterocycles. The lowest BCUT2D eigenvalue weighted by Crippen LogP contribution is -2.37. The maximum absolute atomic E-state index is 12.5. The first kappa shape index (κ1) is 16.3. The van der Waals surface area contributed by atoms with Crippen LogP contribution in [0.1, 0.15) is 37.0 Å². The molecule has 0 aliphatic carbocycles. The van der Waals surface area contributed by atoms with Gasteiger partial charge in [-0.25, -0.2) is 4.98 Å². The van der Waals surface area contributed by atoms with Crippen LogP contribution in [-0.2, 0) is 4.79 Å². The number of nitrogens with zero attached hydrogens (tertiary/aromatic N) is 3. The summed E-state index contributed by atoms with van der Waals surface area (Å²) in [6, 6.07) is 3.45. The minimum Gasteiger partial charge on any atom is -0.478 e. The highest BCUT2D eigenvalue weighted by Crippen LogP contribution is 2.12. The predicted octanol–water partition coefficient (Wildman–Crippen LogP) is 1.56. The molecule has 22 heavy (non-hydrogen) atoms. The van der Waals surface area contributed by atoms with Crippen LogP contribution in [0.5, 0.6) is 5.88 Å². The standard InChI is InChI=1S/C16H23N3O3/c1-3-15(20)18-8-5-9-19(11-10-18)16(21)13-6-7-14(17-12-13)22-4-2/h6-7,12H,3-5,8-11H2,1-2H3. The number of amides is 2. The minimum absolute atomic E-state index is 0.0404. The van der Waals surface area contributed by atoms with Crippen molar-refractivity contribution in [1.29, 1.82) is 0 Å². The zero-order valence-corrected chi connectivity index (χ0v) is 13.2. The summed E-state index contributed by atoms with van der Waals surface area (Å²) < 4.78 is 5.28. The van der Waals surface area contributed by atoms with E-state index in [0.717, 1.165) is 13.0 Å². The van der Waals surface area contributed by atoms with Gasteiger partial charge in [0.05, 0.1) is 12.2 Å². The van der Waals surface area contributed by atoms with Gasteiger partial charge in [-0.1, -0.05) is 6.92 Å². The highest BCUT2D eigenvalue weighted by molar-refractivity contribution is 5.94. The Labute approximate surface area is 131 Å². The lowest BCUT2D eigenvalue weighted by atomic mass is 10.2. The maximum Gasteiger partial charge on any atom is 0.255 e. The molecular formula is C16H23N3O3. The smallest absolute Gasteiger partial charge is 0.255 e. The first-order valence-corrected chi connectivity index (χ1v) is 7.81. The van der Waals surface area contributed by atoms with Crippen molar-refractivity contribution in [2.24, 2.45) is 0 Å². The second-order valence-electron chi connectivity index (χ2n) is 5.20. The van der Waals surface area contributed by atoms with Gasteiger partial charge in [-0.15, -0.1) is 0 Å². The van der Waals surface area contributed by atoms with Gasteiger partial charge in [0.15, 0.2) is 0 Å². The molecule has 0 unspecified atom stereocenters. The lowest BCUT2D eigenvalue weighted by molar-refractivity contribution is -0.130. The van der Waals surface area contributed by atoms with Crippen LogP contribution in [-0.4, -0.2) is 59.4 Å². The van der Waals surface area contributed by atoms with E-state index in [1.807, 2.05) is 18.7 Å². The van der Waals surface area contributed by atoms with E-state index in [9.17, 15) is 9.59 Å². The van der Waals surface area contributed by atoms with E-state index in [-0.39, 0.29) is 11.8 Å². The van der Waals surface area contributed by atoms with Crippen LogP contribution in [0.4, 0.5) is 0 Å². The number of aromatic nitrogens is 1.